The molecule has 0 radical (unpaired) electrons. The highest BCUT2D eigenvalue weighted by Crippen LogP contribution is 2.14. The van der Waals surface area contributed by atoms with E-state index in [1.54, 1.807) is 0 Å². The number of carbonyl (C=O) groups excluding carboxylic acids is 5. The van der Waals surface area contributed by atoms with Gasteiger partial charge in [0, 0.05) is 78.4 Å². The first kappa shape index (κ1) is 45.8. The van der Waals surface area contributed by atoms with Crippen molar-refractivity contribution in [2.45, 2.75) is 90.4 Å². The second-order valence-corrected chi connectivity index (χ2v) is 13.7. The molecular weight excluding hydrogens is 710 g/mol. The van der Waals surface area contributed by atoms with Crippen molar-refractivity contribution in [3.05, 3.63) is 20.4 Å². The minimum Gasteiger partial charge on any atom is -0.380 e. The summed E-state index contributed by atoms with van der Waals surface area (Å²) in [5.74, 6) is -2.98. The van der Waals surface area contributed by atoms with Crippen LogP contribution in [0.3, 0.4) is 0 Å². The molecule has 0 aliphatic rings. The standard InChI is InChI=1S/C31H53N7O13S/c1-23(39)36(46)19-8-2-5-15-32-24(40)11-13-26(42)37(47)20-9-3-6-16-33-25(41)12-14-27(43)38(48)21-10-4-7-17-34-28-29(31(45)30(28)44)35-18-22-52(49,50)51/h34-35,46-48H,2-22H2,1H3,(H,32,40)(H,33,41)(H,49,50,51). The van der Waals surface area contributed by atoms with E-state index in [2.05, 4.69) is 21.3 Å². The molecule has 0 saturated carbocycles. The molecule has 296 valence electrons. The van der Waals surface area contributed by atoms with Gasteiger partial charge in [0.05, 0.1) is 5.75 Å². The Bertz CT molecular complexity index is 1480. The zero-order chi connectivity index (χ0) is 39.1. The van der Waals surface area contributed by atoms with Crippen LogP contribution in [0, 0.1) is 0 Å². The van der Waals surface area contributed by atoms with E-state index >= 15 is 0 Å². The number of carbonyl (C=O) groups is 5. The van der Waals surface area contributed by atoms with E-state index < -0.39 is 44.5 Å². The van der Waals surface area contributed by atoms with Crippen molar-refractivity contribution in [3.8, 4) is 0 Å². The van der Waals surface area contributed by atoms with Crippen LogP contribution in [0.2, 0.25) is 0 Å². The Morgan fingerprint density at radius 1 is 0.558 bits per heavy atom. The summed E-state index contributed by atoms with van der Waals surface area (Å²) in [5.41, 5.74) is -1.55. The van der Waals surface area contributed by atoms with Gasteiger partial charge in [-0.1, -0.05) is 0 Å². The van der Waals surface area contributed by atoms with Gasteiger partial charge in [-0.15, -0.1) is 0 Å². The Balaban J connectivity index is 2.06. The smallest absolute Gasteiger partial charge is 0.266 e. The van der Waals surface area contributed by atoms with E-state index in [1.165, 1.54) is 6.92 Å². The van der Waals surface area contributed by atoms with Gasteiger partial charge in [0.15, 0.2) is 0 Å². The van der Waals surface area contributed by atoms with Crippen molar-refractivity contribution >= 4 is 51.0 Å². The van der Waals surface area contributed by atoms with Crippen molar-refractivity contribution in [1.29, 1.82) is 0 Å². The maximum atomic E-state index is 12.1. The lowest BCUT2D eigenvalue weighted by Gasteiger charge is -2.16. The third kappa shape index (κ3) is 20.0. The molecule has 0 fully saturated rings. The molecule has 5 amide bonds. The van der Waals surface area contributed by atoms with Crippen molar-refractivity contribution < 1.29 is 52.6 Å². The van der Waals surface area contributed by atoms with E-state index in [0.717, 1.165) is 0 Å². The van der Waals surface area contributed by atoms with Crippen LogP contribution in [-0.4, -0.2) is 125 Å². The van der Waals surface area contributed by atoms with E-state index in [9.17, 15) is 57.6 Å². The molecule has 1 aromatic carbocycles. The summed E-state index contributed by atoms with van der Waals surface area (Å²) < 4.78 is 30.3. The number of anilines is 2. The Morgan fingerprint density at radius 2 is 0.942 bits per heavy atom. The van der Waals surface area contributed by atoms with Crippen molar-refractivity contribution in [3.63, 3.8) is 0 Å². The molecule has 0 heterocycles. The van der Waals surface area contributed by atoms with Crippen LogP contribution in [0.4, 0.5) is 11.4 Å². The summed E-state index contributed by atoms with van der Waals surface area (Å²) in [4.78, 5) is 82.5. The Morgan fingerprint density at radius 3 is 1.35 bits per heavy atom. The third-order valence-corrected chi connectivity index (χ3v) is 8.45. The number of hydrogen-bond acceptors (Lipinski definition) is 14. The van der Waals surface area contributed by atoms with Gasteiger partial charge in [-0.3, -0.25) is 53.7 Å². The maximum Gasteiger partial charge on any atom is 0.266 e. The van der Waals surface area contributed by atoms with Gasteiger partial charge in [0.25, 0.3) is 21.0 Å². The summed E-state index contributed by atoms with van der Waals surface area (Å²) in [7, 11) is -4.22. The fourth-order valence-corrected chi connectivity index (χ4v) is 5.04. The molecule has 1 rings (SSSR count). The number of unbranched alkanes of at least 4 members (excludes halogenated alkanes) is 6. The highest BCUT2D eigenvalue weighted by molar-refractivity contribution is 7.85. The van der Waals surface area contributed by atoms with Crippen molar-refractivity contribution in [2.75, 3.05) is 62.2 Å². The highest BCUT2D eigenvalue weighted by atomic mass is 32.2. The van der Waals surface area contributed by atoms with E-state index in [0.29, 0.717) is 92.6 Å². The molecule has 8 N–H and O–H groups in total. The quantitative estimate of drug-likeness (QED) is 0.0175. The molecule has 0 atom stereocenters. The van der Waals surface area contributed by atoms with Crippen LogP contribution in [0.25, 0.3) is 0 Å². The largest absolute Gasteiger partial charge is 0.380 e. The number of amides is 5. The molecule has 20 nitrogen and oxygen atoms in total. The Kier molecular flexibility index (Phi) is 22.0. The van der Waals surface area contributed by atoms with Gasteiger partial charge in [0.1, 0.15) is 11.4 Å². The minimum atomic E-state index is -4.22. The summed E-state index contributed by atoms with van der Waals surface area (Å²) in [6.45, 7) is 2.32. The molecule has 0 aliphatic heterocycles. The van der Waals surface area contributed by atoms with Gasteiger partial charge in [0.2, 0.25) is 29.5 Å². The van der Waals surface area contributed by atoms with Gasteiger partial charge >= 0.3 is 0 Å². The second-order valence-electron chi connectivity index (χ2n) is 12.1. The monoisotopic (exact) mass is 763 g/mol. The van der Waals surface area contributed by atoms with Crippen LogP contribution in [-0.2, 0) is 34.1 Å². The molecule has 0 aromatic heterocycles. The van der Waals surface area contributed by atoms with Crippen molar-refractivity contribution in [1.82, 2.24) is 25.8 Å². The number of rotatable bonds is 29. The van der Waals surface area contributed by atoms with Crippen LogP contribution in [0.1, 0.15) is 90.4 Å². The first-order chi connectivity index (χ1) is 24.5. The van der Waals surface area contributed by atoms with E-state index in [1.807, 2.05) is 0 Å². The van der Waals surface area contributed by atoms with Crippen LogP contribution < -0.4 is 32.1 Å². The molecule has 52 heavy (non-hydrogen) atoms. The number of hydrogen-bond donors (Lipinski definition) is 8. The van der Waals surface area contributed by atoms with Crippen LogP contribution in [0.5, 0.6) is 0 Å². The Hall–Kier alpha value is -4.18. The number of hydroxylamine groups is 6. The van der Waals surface area contributed by atoms with E-state index in [4.69, 9.17) is 4.55 Å². The van der Waals surface area contributed by atoms with Gasteiger partial charge in [-0.2, -0.15) is 8.42 Å². The molecule has 1 aromatic rings. The highest BCUT2D eigenvalue weighted by Gasteiger charge is 2.21. The summed E-state index contributed by atoms with van der Waals surface area (Å²) in [6, 6.07) is 0. The Labute approximate surface area is 302 Å². The lowest BCUT2D eigenvalue weighted by Crippen LogP contribution is -2.38. The summed E-state index contributed by atoms with van der Waals surface area (Å²) in [5, 5.41) is 41.5. The maximum absolute atomic E-state index is 12.1. The molecular formula is C31H53N7O13S. The molecule has 0 saturated heterocycles. The fraction of sp³-hybridized carbons (Fsp3) is 0.710. The zero-order valence-corrected chi connectivity index (χ0v) is 30.4. The number of nitrogens with one attached hydrogen (secondary N) is 4. The first-order valence-corrected chi connectivity index (χ1v) is 18.9. The number of nitrogens with zero attached hydrogens (tertiary/aromatic N) is 3. The molecule has 0 unspecified atom stereocenters. The molecule has 21 heteroatoms. The second kappa shape index (κ2) is 24.9. The molecule has 0 bridgehead atoms. The van der Waals surface area contributed by atoms with Gasteiger partial charge in [-0.25, -0.2) is 15.2 Å². The summed E-state index contributed by atoms with van der Waals surface area (Å²) >= 11 is 0. The topological polar surface area (TPSA) is 292 Å². The van der Waals surface area contributed by atoms with Gasteiger partial charge < -0.3 is 21.3 Å². The predicted octanol–water partition coefficient (Wildman–Crippen LogP) is -0.0288. The van der Waals surface area contributed by atoms with Gasteiger partial charge in [-0.05, 0) is 57.8 Å². The molecule has 0 aliphatic carbocycles. The van der Waals surface area contributed by atoms with Crippen LogP contribution >= 0.6 is 0 Å². The average Bonchev–Trinajstić information content (AvgIpc) is 3.09. The van der Waals surface area contributed by atoms with Crippen molar-refractivity contribution in [2.24, 2.45) is 0 Å². The lowest BCUT2D eigenvalue weighted by atomic mass is 10.1. The first-order valence-electron chi connectivity index (χ1n) is 17.3. The molecule has 0 spiro atoms. The average molecular weight is 764 g/mol. The fourth-order valence-electron chi connectivity index (χ4n) is 4.68. The SMILES string of the molecule is CC(=O)N(O)CCCCCNC(=O)CCC(=O)N(O)CCCCCNC(=O)CCC(=O)N(O)CCCCCNc1c(NCCS(=O)(=O)O)c(=O)c1=O. The predicted molar refractivity (Wildman–Crippen MR) is 187 cm³/mol. The third-order valence-electron chi connectivity index (χ3n) is 7.73. The van der Waals surface area contributed by atoms with Crippen LogP contribution in [0.15, 0.2) is 9.59 Å². The van der Waals surface area contributed by atoms with E-state index in [-0.39, 0.29) is 75.1 Å². The minimum absolute atomic E-state index is 0.0250. The normalized spacial score (nSPS) is 11.2. The summed E-state index contributed by atoms with van der Waals surface area (Å²) in [6.07, 6.45) is 4.47. The lowest BCUT2D eigenvalue weighted by molar-refractivity contribution is -0.166. The zero-order valence-electron chi connectivity index (χ0n) is 29.6.